The minimum absolute atomic E-state index is 0.0289. The molecular formula is C22H22FN3O7S. The normalized spacial score (nSPS) is 16.5. The zero-order valence-electron chi connectivity index (χ0n) is 18.2. The third-order valence-electron chi connectivity index (χ3n) is 5.34. The summed E-state index contributed by atoms with van der Waals surface area (Å²) in [6.07, 6.45) is 1.78. The van der Waals surface area contributed by atoms with Crippen LogP contribution in [0.2, 0.25) is 0 Å². The van der Waals surface area contributed by atoms with Crippen molar-refractivity contribution >= 4 is 26.8 Å². The molecule has 4 rings (SSSR count). The monoisotopic (exact) mass is 491 g/mol. The molecule has 0 bridgehead atoms. The van der Waals surface area contributed by atoms with Gasteiger partial charge in [-0.05, 0) is 29.8 Å². The average Bonchev–Trinajstić information content (AvgIpc) is 2.79. The molecule has 1 unspecified atom stereocenters. The Bertz CT molecular complexity index is 1400. The molecule has 0 aliphatic carbocycles. The highest BCUT2D eigenvalue weighted by Crippen LogP contribution is 2.26. The molecule has 2 N–H and O–H groups in total. The average molecular weight is 491 g/mol. The molecule has 1 aromatic carbocycles. The molecule has 0 spiro atoms. The number of fused-ring (bicyclic) bond motifs is 1. The van der Waals surface area contributed by atoms with E-state index >= 15 is 0 Å². The highest BCUT2D eigenvalue weighted by Gasteiger charge is 2.29. The predicted molar refractivity (Wildman–Crippen MR) is 119 cm³/mol. The number of aromatic nitrogens is 2. The van der Waals surface area contributed by atoms with Crippen molar-refractivity contribution in [2.45, 2.75) is 17.5 Å². The number of pyridine rings is 2. The number of ether oxygens (including phenoxy) is 2. The Balaban J connectivity index is 1.78. The van der Waals surface area contributed by atoms with Gasteiger partial charge in [-0.2, -0.15) is 0 Å². The van der Waals surface area contributed by atoms with Crippen LogP contribution >= 0.6 is 0 Å². The second-order valence-corrected chi connectivity index (χ2v) is 9.84. The number of nitrogens with one attached hydrogen (secondary N) is 1. The molecule has 1 fully saturated rings. The van der Waals surface area contributed by atoms with E-state index in [-0.39, 0.29) is 41.2 Å². The Kier molecular flexibility index (Phi) is 6.64. The van der Waals surface area contributed by atoms with Gasteiger partial charge >= 0.3 is 0 Å². The lowest BCUT2D eigenvalue weighted by atomic mass is 10.1. The number of aromatic amines is 1. The van der Waals surface area contributed by atoms with E-state index in [0.717, 1.165) is 18.4 Å². The van der Waals surface area contributed by atoms with E-state index < -0.39 is 44.5 Å². The van der Waals surface area contributed by atoms with Crippen LogP contribution in [0, 0.1) is 5.82 Å². The molecule has 1 aliphatic heterocycles. The number of carbonyl (C=O) groups excluding carboxylic acids is 1. The van der Waals surface area contributed by atoms with Crippen LogP contribution < -0.4 is 5.56 Å². The summed E-state index contributed by atoms with van der Waals surface area (Å²) in [6.45, 7) is 0.494. The smallest absolute Gasteiger partial charge is 0.265 e. The van der Waals surface area contributed by atoms with E-state index in [1.165, 1.54) is 23.2 Å². The number of halogens is 1. The van der Waals surface area contributed by atoms with Gasteiger partial charge < -0.3 is 24.5 Å². The summed E-state index contributed by atoms with van der Waals surface area (Å²) in [5.41, 5.74) is -0.970. The van der Waals surface area contributed by atoms with Gasteiger partial charge in [0.15, 0.2) is 15.6 Å². The van der Waals surface area contributed by atoms with Crippen LogP contribution in [0.1, 0.15) is 15.9 Å². The predicted octanol–water partition coefficient (Wildman–Crippen LogP) is 1.23. The standard InChI is InChI=1S/C22H22FN3O7S/c1-34(30,31)17-9-14(23)5-4-13(17)10-26(11-15-12-32-7-8-33-15)22(29)18-20(27)19-16(25-21(18)28)3-2-6-24-19/h2-6,9,15H,7-8,10-12H2,1H3,(H2,25,27,28). The van der Waals surface area contributed by atoms with Gasteiger partial charge in [0, 0.05) is 25.5 Å². The van der Waals surface area contributed by atoms with E-state index in [9.17, 15) is 27.5 Å². The van der Waals surface area contributed by atoms with Gasteiger partial charge in [-0.3, -0.25) is 14.6 Å². The van der Waals surface area contributed by atoms with Crippen LogP contribution in [-0.2, 0) is 25.9 Å². The topological polar surface area (TPSA) is 139 Å². The number of aromatic hydroxyl groups is 1. The lowest BCUT2D eigenvalue weighted by molar-refractivity contribution is -0.0953. The molecule has 2 aromatic heterocycles. The molecule has 1 aliphatic rings. The number of nitrogens with zero attached hydrogens (tertiary/aromatic N) is 2. The summed E-state index contributed by atoms with van der Waals surface area (Å²) in [6, 6.07) is 6.30. The molecular weight excluding hydrogens is 469 g/mol. The van der Waals surface area contributed by atoms with Crippen LogP contribution in [0.4, 0.5) is 4.39 Å². The maximum absolute atomic E-state index is 13.8. The second-order valence-electron chi connectivity index (χ2n) is 7.85. The first-order valence-electron chi connectivity index (χ1n) is 10.3. The van der Waals surface area contributed by atoms with Crippen LogP contribution in [0.5, 0.6) is 5.75 Å². The van der Waals surface area contributed by atoms with Crippen molar-refractivity contribution in [1.82, 2.24) is 14.9 Å². The summed E-state index contributed by atoms with van der Waals surface area (Å²) in [4.78, 5) is 33.7. The van der Waals surface area contributed by atoms with Gasteiger partial charge in [-0.25, -0.2) is 12.8 Å². The molecule has 180 valence electrons. The lowest BCUT2D eigenvalue weighted by Gasteiger charge is -2.30. The van der Waals surface area contributed by atoms with Crippen LogP contribution in [0.25, 0.3) is 11.0 Å². The second kappa shape index (κ2) is 9.49. The lowest BCUT2D eigenvalue weighted by Crippen LogP contribution is -2.44. The number of rotatable bonds is 6. The van der Waals surface area contributed by atoms with E-state index in [1.807, 2.05) is 0 Å². The molecule has 3 aromatic rings. The minimum atomic E-state index is -3.83. The van der Waals surface area contributed by atoms with Crippen LogP contribution in [-0.4, -0.2) is 73.0 Å². The fourth-order valence-corrected chi connectivity index (χ4v) is 4.71. The SMILES string of the molecule is CS(=O)(=O)c1cc(F)ccc1CN(CC1COCCO1)C(=O)c1c(O)c2ncccc2[nH]c1=O. The van der Waals surface area contributed by atoms with Gasteiger partial charge in [-0.1, -0.05) is 6.07 Å². The number of amides is 1. The summed E-state index contributed by atoms with van der Waals surface area (Å²) in [5, 5.41) is 10.7. The van der Waals surface area contributed by atoms with E-state index in [2.05, 4.69) is 9.97 Å². The molecule has 10 nitrogen and oxygen atoms in total. The molecule has 0 radical (unpaired) electrons. The highest BCUT2D eigenvalue weighted by atomic mass is 32.2. The molecule has 34 heavy (non-hydrogen) atoms. The number of sulfone groups is 1. The van der Waals surface area contributed by atoms with Crippen molar-refractivity contribution in [3.63, 3.8) is 0 Å². The minimum Gasteiger partial charge on any atom is -0.505 e. The first kappa shape index (κ1) is 23.8. The summed E-state index contributed by atoms with van der Waals surface area (Å²) in [7, 11) is -3.83. The first-order valence-corrected chi connectivity index (χ1v) is 12.2. The van der Waals surface area contributed by atoms with Crippen molar-refractivity contribution in [2.75, 3.05) is 32.6 Å². The maximum Gasteiger partial charge on any atom is 0.265 e. The number of hydrogen-bond acceptors (Lipinski definition) is 8. The van der Waals surface area contributed by atoms with Crippen molar-refractivity contribution in [1.29, 1.82) is 0 Å². The van der Waals surface area contributed by atoms with Crippen LogP contribution in [0.3, 0.4) is 0 Å². The van der Waals surface area contributed by atoms with Gasteiger partial charge in [0.05, 0.1) is 36.3 Å². The third kappa shape index (κ3) is 4.93. The molecule has 1 amide bonds. The molecule has 12 heteroatoms. The molecule has 1 saturated heterocycles. The number of H-pyrrole nitrogens is 1. The third-order valence-corrected chi connectivity index (χ3v) is 6.52. The Hall–Kier alpha value is -3.35. The maximum atomic E-state index is 13.8. The Morgan fingerprint density at radius 3 is 2.82 bits per heavy atom. The number of benzene rings is 1. The molecule has 1 atom stereocenters. The number of hydrogen-bond donors (Lipinski definition) is 2. The summed E-state index contributed by atoms with van der Waals surface area (Å²) in [5.74, 6) is -2.22. The van der Waals surface area contributed by atoms with Crippen molar-refractivity contribution in [2.24, 2.45) is 0 Å². The Morgan fingerprint density at radius 2 is 2.12 bits per heavy atom. The quantitative estimate of drug-likeness (QED) is 0.525. The van der Waals surface area contributed by atoms with Crippen molar-refractivity contribution in [3.05, 3.63) is 63.8 Å². The van der Waals surface area contributed by atoms with Gasteiger partial charge in [0.2, 0.25) is 0 Å². The highest BCUT2D eigenvalue weighted by molar-refractivity contribution is 7.90. The summed E-state index contributed by atoms with van der Waals surface area (Å²) < 4.78 is 49.3. The number of carbonyl (C=O) groups is 1. The van der Waals surface area contributed by atoms with Crippen molar-refractivity contribution in [3.8, 4) is 5.75 Å². The van der Waals surface area contributed by atoms with E-state index in [0.29, 0.717) is 13.2 Å². The summed E-state index contributed by atoms with van der Waals surface area (Å²) >= 11 is 0. The van der Waals surface area contributed by atoms with E-state index in [4.69, 9.17) is 9.47 Å². The largest absolute Gasteiger partial charge is 0.505 e. The van der Waals surface area contributed by atoms with E-state index in [1.54, 1.807) is 6.07 Å². The zero-order chi connectivity index (χ0) is 24.5. The Labute approximate surface area is 193 Å². The molecule has 0 saturated carbocycles. The molecule has 3 heterocycles. The first-order chi connectivity index (χ1) is 16.1. The zero-order valence-corrected chi connectivity index (χ0v) is 19.0. The fourth-order valence-electron chi connectivity index (χ4n) is 3.78. The fraction of sp³-hybridized carbons (Fsp3) is 0.318. The van der Waals surface area contributed by atoms with Crippen LogP contribution in [0.15, 0.2) is 46.2 Å². The van der Waals surface area contributed by atoms with Crippen molar-refractivity contribution < 1.29 is 32.2 Å². The van der Waals surface area contributed by atoms with Gasteiger partial charge in [0.1, 0.15) is 16.9 Å². The van der Waals surface area contributed by atoms with Gasteiger partial charge in [-0.15, -0.1) is 0 Å². The Morgan fingerprint density at radius 1 is 1.32 bits per heavy atom. The van der Waals surface area contributed by atoms with Gasteiger partial charge in [0.25, 0.3) is 11.5 Å².